The van der Waals surface area contributed by atoms with Crippen molar-refractivity contribution in [2.75, 3.05) is 0 Å². The van der Waals surface area contributed by atoms with Crippen LogP contribution in [0.25, 0.3) is 6.08 Å². The molecule has 0 spiro atoms. The molecule has 0 saturated heterocycles. The molecule has 0 N–H and O–H groups in total. The van der Waals surface area contributed by atoms with Crippen molar-refractivity contribution in [1.29, 1.82) is 0 Å². The highest BCUT2D eigenvalue weighted by Gasteiger charge is 2.24. The van der Waals surface area contributed by atoms with E-state index in [1.165, 1.54) is 0 Å². The van der Waals surface area contributed by atoms with Gasteiger partial charge in [-0.2, -0.15) is 0 Å². The Bertz CT molecular complexity index is 783. The molecule has 5 heteroatoms. The molecule has 0 fully saturated rings. The summed E-state index contributed by atoms with van der Waals surface area (Å²) in [6.07, 6.45) is 1.70. The van der Waals surface area contributed by atoms with Crippen molar-refractivity contribution in [1.82, 2.24) is 0 Å². The predicted molar refractivity (Wildman–Crippen MR) is 90.0 cm³/mol. The monoisotopic (exact) mass is 333 g/mol. The average molecular weight is 334 g/mol. The van der Waals surface area contributed by atoms with E-state index in [2.05, 4.69) is 4.99 Å². The van der Waals surface area contributed by atoms with Gasteiger partial charge in [0.2, 0.25) is 5.12 Å². The third-order valence-corrected chi connectivity index (χ3v) is 4.50. The molecule has 1 heterocycles. The second kappa shape index (κ2) is 6.06. The van der Waals surface area contributed by atoms with Gasteiger partial charge in [0.15, 0.2) is 0 Å². The first-order chi connectivity index (χ1) is 10.1. The van der Waals surface area contributed by atoms with Gasteiger partial charge >= 0.3 is 0 Å². The lowest BCUT2D eigenvalue weighted by molar-refractivity contribution is -0.107. The highest BCUT2D eigenvalue weighted by Crippen LogP contribution is 2.32. The van der Waals surface area contributed by atoms with E-state index in [0.29, 0.717) is 20.8 Å². The van der Waals surface area contributed by atoms with Gasteiger partial charge in [-0.3, -0.25) is 4.79 Å². The highest BCUT2D eigenvalue weighted by molar-refractivity contribution is 8.27. The zero-order chi connectivity index (χ0) is 14.8. The normalized spacial score (nSPS) is 16.4. The third kappa shape index (κ3) is 3.05. The van der Waals surface area contributed by atoms with E-state index in [4.69, 9.17) is 23.2 Å². The SMILES string of the molecule is O=C1SC(c2ccccc2Cl)=N/C1=C/c1ccccc1Cl. The van der Waals surface area contributed by atoms with Gasteiger partial charge in [0.1, 0.15) is 10.7 Å². The predicted octanol–water partition coefficient (Wildman–Crippen LogP) is 5.05. The molecule has 0 atom stereocenters. The number of thioether (sulfide) groups is 1. The molecule has 0 saturated carbocycles. The van der Waals surface area contributed by atoms with Crippen molar-refractivity contribution >= 4 is 51.2 Å². The maximum absolute atomic E-state index is 12.1. The van der Waals surface area contributed by atoms with Crippen LogP contribution in [-0.4, -0.2) is 10.2 Å². The van der Waals surface area contributed by atoms with E-state index < -0.39 is 0 Å². The van der Waals surface area contributed by atoms with Crippen molar-refractivity contribution < 1.29 is 4.79 Å². The summed E-state index contributed by atoms with van der Waals surface area (Å²) in [5.74, 6) is 0. The highest BCUT2D eigenvalue weighted by atomic mass is 35.5. The minimum absolute atomic E-state index is 0.107. The topological polar surface area (TPSA) is 29.4 Å². The molecule has 104 valence electrons. The van der Waals surface area contributed by atoms with E-state index in [1.807, 2.05) is 36.4 Å². The van der Waals surface area contributed by atoms with Gasteiger partial charge in [-0.1, -0.05) is 59.6 Å². The molecular formula is C16H9Cl2NOS. The molecule has 0 aliphatic carbocycles. The summed E-state index contributed by atoms with van der Waals surface area (Å²) in [5.41, 5.74) is 1.91. The molecule has 3 rings (SSSR count). The molecule has 2 nitrogen and oxygen atoms in total. The van der Waals surface area contributed by atoms with Gasteiger partial charge in [-0.05, 0) is 35.5 Å². The molecule has 1 aliphatic rings. The van der Waals surface area contributed by atoms with Crippen molar-refractivity contribution in [3.05, 3.63) is 75.4 Å². The van der Waals surface area contributed by atoms with Crippen LogP contribution in [0.5, 0.6) is 0 Å². The molecule has 0 radical (unpaired) electrons. The molecular weight excluding hydrogens is 325 g/mol. The number of hydrogen-bond acceptors (Lipinski definition) is 3. The molecule has 0 unspecified atom stereocenters. The number of benzene rings is 2. The molecule has 2 aromatic carbocycles. The lowest BCUT2D eigenvalue weighted by atomic mass is 10.2. The first-order valence-electron chi connectivity index (χ1n) is 6.17. The van der Waals surface area contributed by atoms with E-state index in [-0.39, 0.29) is 5.12 Å². The summed E-state index contributed by atoms with van der Waals surface area (Å²) in [4.78, 5) is 16.5. The number of rotatable bonds is 2. The second-order valence-electron chi connectivity index (χ2n) is 4.34. The van der Waals surface area contributed by atoms with Crippen LogP contribution in [0.1, 0.15) is 11.1 Å². The Morgan fingerprint density at radius 3 is 2.33 bits per heavy atom. The summed E-state index contributed by atoms with van der Waals surface area (Å²) in [6, 6.07) is 14.7. The Hall–Kier alpha value is -1.55. The minimum Gasteiger partial charge on any atom is -0.279 e. The second-order valence-corrected chi connectivity index (χ2v) is 6.11. The summed E-state index contributed by atoms with van der Waals surface area (Å²) >= 11 is 13.3. The summed E-state index contributed by atoms with van der Waals surface area (Å²) in [6.45, 7) is 0. The summed E-state index contributed by atoms with van der Waals surface area (Å²) < 4.78 is 0. The van der Waals surface area contributed by atoms with Gasteiger partial charge < -0.3 is 0 Å². The molecule has 1 aliphatic heterocycles. The Kier molecular flexibility index (Phi) is 4.15. The fourth-order valence-electron chi connectivity index (χ4n) is 1.90. The van der Waals surface area contributed by atoms with Gasteiger partial charge in [-0.25, -0.2) is 4.99 Å². The summed E-state index contributed by atoms with van der Waals surface area (Å²) in [7, 11) is 0. The van der Waals surface area contributed by atoms with Crippen LogP contribution in [0, 0.1) is 0 Å². The first-order valence-corrected chi connectivity index (χ1v) is 7.74. The fourth-order valence-corrected chi connectivity index (χ4v) is 3.19. The number of carbonyl (C=O) groups excluding carboxylic acids is 1. The number of aliphatic imine (C=N–C) groups is 1. The van der Waals surface area contributed by atoms with Crippen molar-refractivity contribution in [3.8, 4) is 0 Å². The lowest BCUT2D eigenvalue weighted by Crippen LogP contribution is -1.93. The van der Waals surface area contributed by atoms with Crippen LogP contribution in [0.4, 0.5) is 0 Å². The third-order valence-electron chi connectivity index (χ3n) is 2.92. The quantitative estimate of drug-likeness (QED) is 0.719. The number of hydrogen-bond donors (Lipinski definition) is 0. The Labute approximate surface area is 136 Å². The van der Waals surface area contributed by atoms with Crippen molar-refractivity contribution in [2.24, 2.45) is 4.99 Å². The Balaban J connectivity index is 2.00. The Morgan fingerprint density at radius 1 is 0.952 bits per heavy atom. The zero-order valence-corrected chi connectivity index (χ0v) is 13.0. The maximum atomic E-state index is 12.1. The first kappa shape index (κ1) is 14.4. The average Bonchev–Trinajstić information content (AvgIpc) is 2.83. The van der Waals surface area contributed by atoms with Crippen LogP contribution in [0.3, 0.4) is 0 Å². The van der Waals surface area contributed by atoms with Gasteiger partial charge in [-0.15, -0.1) is 0 Å². The van der Waals surface area contributed by atoms with Gasteiger partial charge in [0, 0.05) is 10.6 Å². The summed E-state index contributed by atoms with van der Waals surface area (Å²) in [5, 5.41) is 1.67. The van der Waals surface area contributed by atoms with Gasteiger partial charge in [0.25, 0.3) is 0 Å². The molecule has 2 aromatic rings. The van der Waals surface area contributed by atoms with Crippen LogP contribution in [0.15, 0.2) is 59.2 Å². The largest absolute Gasteiger partial charge is 0.279 e. The smallest absolute Gasteiger partial charge is 0.244 e. The standard InChI is InChI=1S/C16H9Cl2NOS/c17-12-7-3-1-5-10(12)9-14-16(20)21-15(19-14)11-6-2-4-8-13(11)18/h1-9H/b14-9+. The molecule has 0 bridgehead atoms. The molecule has 21 heavy (non-hydrogen) atoms. The van der Waals surface area contributed by atoms with Crippen LogP contribution < -0.4 is 0 Å². The van der Waals surface area contributed by atoms with Crippen molar-refractivity contribution in [2.45, 2.75) is 0 Å². The van der Waals surface area contributed by atoms with Crippen LogP contribution >= 0.6 is 35.0 Å². The van der Waals surface area contributed by atoms with Crippen LogP contribution in [0.2, 0.25) is 10.0 Å². The van der Waals surface area contributed by atoms with E-state index in [9.17, 15) is 4.79 Å². The van der Waals surface area contributed by atoms with E-state index in [1.54, 1.807) is 18.2 Å². The number of halogens is 2. The van der Waals surface area contributed by atoms with Gasteiger partial charge in [0.05, 0.1) is 5.02 Å². The zero-order valence-electron chi connectivity index (χ0n) is 10.7. The van der Waals surface area contributed by atoms with E-state index in [0.717, 1.165) is 22.9 Å². The lowest BCUT2D eigenvalue weighted by Gasteiger charge is -2.00. The maximum Gasteiger partial charge on any atom is 0.244 e. The van der Waals surface area contributed by atoms with Crippen molar-refractivity contribution in [3.63, 3.8) is 0 Å². The molecule has 0 amide bonds. The fraction of sp³-hybridized carbons (Fsp3) is 0. The van der Waals surface area contributed by atoms with Crippen LogP contribution in [-0.2, 0) is 4.79 Å². The number of carbonyl (C=O) groups is 1. The Morgan fingerprint density at radius 2 is 1.62 bits per heavy atom. The van der Waals surface area contributed by atoms with E-state index >= 15 is 0 Å². The molecule has 0 aromatic heterocycles. The minimum atomic E-state index is -0.107. The number of nitrogens with zero attached hydrogens (tertiary/aromatic N) is 1.